The highest BCUT2D eigenvalue weighted by Crippen LogP contribution is 2.30. The molecule has 1 saturated heterocycles. The molecule has 1 N–H and O–H groups in total. The zero-order chi connectivity index (χ0) is 9.10. The summed E-state index contributed by atoms with van der Waals surface area (Å²) >= 11 is 1.84. The minimum atomic E-state index is 0. The van der Waals surface area contributed by atoms with Crippen molar-refractivity contribution in [2.24, 2.45) is 0 Å². The first-order chi connectivity index (χ1) is 6.42. The van der Waals surface area contributed by atoms with E-state index in [0.29, 0.717) is 6.04 Å². The van der Waals surface area contributed by atoms with Crippen molar-refractivity contribution in [3.05, 3.63) is 29.8 Å². The van der Waals surface area contributed by atoms with E-state index in [1.807, 2.05) is 11.8 Å². The topological polar surface area (TPSA) is 12.0 Å². The second-order valence-corrected chi connectivity index (χ2v) is 4.24. The maximum atomic E-state index is 3.53. The monoisotopic (exact) mass is 229 g/mol. The van der Waals surface area contributed by atoms with Crippen LogP contribution in [-0.4, -0.2) is 12.8 Å². The number of rotatable bonds is 2. The lowest BCUT2D eigenvalue weighted by atomic mass is 10.1. The number of benzene rings is 1. The molecule has 0 amide bonds. The van der Waals surface area contributed by atoms with E-state index in [0.717, 1.165) is 0 Å². The van der Waals surface area contributed by atoms with Crippen molar-refractivity contribution in [1.82, 2.24) is 5.32 Å². The summed E-state index contributed by atoms with van der Waals surface area (Å²) in [6.07, 6.45) is 4.75. The van der Waals surface area contributed by atoms with Crippen molar-refractivity contribution in [1.29, 1.82) is 0 Å². The Morgan fingerprint density at radius 2 is 2.14 bits per heavy atom. The van der Waals surface area contributed by atoms with Crippen LogP contribution in [0.4, 0.5) is 0 Å². The first kappa shape index (κ1) is 11.9. The Labute approximate surface area is 96.1 Å². The molecule has 1 fully saturated rings. The van der Waals surface area contributed by atoms with E-state index in [9.17, 15) is 0 Å². The summed E-state index contributed by atoms with van der Waals surface area (Å²) in [6.45, 7) is 1.17. The smallest absolute Gasteiger partial charge is 0.0331 e. The Hall–Kier alpha value is -0.180. The third kappa shape index (κ3) is 2.44. The molecule has 1 atom stereocenters. The van der Waals surface area contributed by atoms with Crippen molar-refractivity contribution < 1.29 is 0 Å². The lowest BCUT2D eigenvalue weighted by Gasteiger charge is -2.13. The van der Waals surface area contributed by atoms with Crippen LogP contribution in [0.1, 0.15) is 24.4 Å². The molecular formula is C11H16ClNS. The van der Waals surface area contributed by atoms with Gasteiger partial charge in [-0.1, -0.05) is 18.2 Å². The second-order valence-electron chi connectivity index (χ2n) is 3.39. The largest absolute Gasteiger partial charge is 0.310 e. The summed E-state index contributed by atoms with van der Waals surface area (Å²) in [6, 6.07) is 9.30. The lowest BCUT2D eigenvalue weighted by molar-refractivity contribution is 0.636. The average molecular weight is 230 g/mol. The summed E-state index contributed by atoms with van der Waals surface area (Å²) < 4.78 is 0. The quantitative estimate of drug-likeness (QED) is 0.782. The Morgan fingerprint density at radius 3 is 2.79 bits per heavy atom. The van der Waals surface area contributed by atoms with Gasteiger partial charge in [-0.15, -0.1) is 24.2 Å². The zero-order valence-electron chi connectivity index (χ0n) is 8.32. The molecule has 1 nitrogen and oxygen atoms in total. The number of thioether (sulfide) groups is 1. The average Bonchev–Trinajstić information content (AvgIpc) is 2.70. The van der Waals surface area contributed by atoms with Crippen molar-refractivity contribution >= 4 is 24.2 Å². The second kappa shape index (κ2) is 5.64. The van der Waals surface area contributed by atoms with Gasteiger partial charge < -0.3 is 5.32 Å². The van der Waals surface area contributed by atoms with E-state index in [-0.39, 0.29) is 12.4 Å². The van der Waals surface area contributed by atoms with Gasteiger partial charge in [-0.2, -0.15) is 0 Å². The maximum Gasteiger partial charge on any atom is 0.0331 e. The lowest BCUT2D eigenvalue weighted by Crippen LogP contribution is -2.13. The van der Waals surface area contributed by atoms with Crippen LogP contribution in [0.5, 0.6) is 0 Å². The molecule has 3 heteroatoms. The molecular weight excluding hydrogens is 214 g/mol. The SMILES string of the molecule is CSc1ccccc1C1CCCN1.Cl. The van der Waals surface area contributed by atoms with Crippen molar-refractivity contribution in [3.63, 3.8) is 0 Å². The van der Waals surface area contributed by atoms with Crippen LogP contribution in [0, 0.1) is 0 Å². The highest BCUT2D eigenvalue weighted by Gasteiger charge is 2.17. The summed E-state index contributed by atoms with van der Waals surface area (Å²) in [4.78, 5) is 1.42. The third-order valence-corrected chi connectivity index (χ3v) is 3.39. The number of hydrogen-bond acceptors (Lipinski definition) is 2. The number of hydrogen-bond donors (Lipinski definition) is 1. The third-order valence-electron chi connectivity index (χ3n) is 2.57. The Balaban J connectivity index is 0.000000980. The van der Waals surface area contributed by atoms with Gasteiger partial charge in [-0.3, -0.25) is 0 Å². The minimum absolute atomic E-state index is 0. The van der Waals surface area contributed by atoms with Crippen LogP contribution in [0.2, 0.25) is 0 Å². The highest BCUT2D eigenvalue weighted by atomic mass is 35.5. The maximum absolute atomic E-state index is 3.53. The van der Waals surface area contributed by atoms with Crippen LogP contribution in [0.15, 0.2) is 29.2 Å². The van der Waals surface area contributed by atoms with E-state index in [4.69, 9.17) is 0 Å². The van der Waals surface area contributed by atoms with E-state index >= 15 is 0 Å². The summed E-state index contributed by atoms with van der Waals surface area (Å²) in [5.41, 5.74) is 1.48. The molecule has 0 spiro atoms. The first-order valence-corrected chi connectivity index (χ1v) is 6.00. The fraction of sp³-hybridized carbons (Fsp3) is 0.455. The Kier molecular flexibility index (Phi) is 4.79. The van der Waals surface area contributed by atoms with E-state index < -0.39 is 0 Å². The minimum Gasteiger partial charge on any atom is -0.310 e. The van der Waals surface area contributed by atoms with Gasteiger partial charge in [-0.05, 0) is 37.3 Å². The first-order valence-electron chi connectivity index (χ1n) is 4.78. The standard InChI is InChI=1S/C11H15NS.ClH/c1-13-11-7-3-2-5-9(11)10-6-4-8-12-10;/h2-3,5,7,10,12H,4,6,8H2,1H3;1H. The van der Waals surface area contributed by atoms with Crippen molar-refractivity contribution in [2.75, 3.05) is 12.8 Å². The molecule has 2 rings (SSSR count). The molecule has 1 aliphatic heterocycles. The molecule has 1 unspecified atom stereocenters. The molecule has 1 aromatic carbocycles. The summed E-state index contributed by atoms with van der Waals surface area (Å²) in [7, 11) is 0. The predicted molar refractivity (Wildman–Crippen MR) is 65.4 cm³/mol. The number of halogens is 1. The van der Waals surface area contributed by atoms with Crippen molar-refractivity contribution in [2.45, 2.75) is 23.8 Å². The predicted octanol–water partition coefficient (Wildman–Crippen LogP) is 3.25. The fourth-order valence-electron chi connectivity index (χ4n) is 1.90. The van der Waals surface area contributed by atoms with E-state index in [1.54, 1.807) is 0 Å². The van der Waals surface area contributed by atoms with Crippen LogP contribution in [0.3, 0.4) is 0 Å². The molecule has 0 aliphatic carbocycles. The molecule has 1 aromatic rings. The molecule has 0 saturated carbocycles. The molecule has 14 heavy (non-hydrogen) atoms. The van der Waals surface area contributed by atoms with E-state index in [2.05, 4.69) is 35.8 Å². The van der Waals surface area contributed by atoms with Gasteiger partial charge in [0.1, 0.15) is 0 Å². The van der Waals surface area contributed by atoms with Gasteiger partial charge >= 0.3 is 0 Å². The van der Waals surface area contributed by atoms with Gasteiger partial charge in [0.25, 0.3) is 0 Å². The van der Waals surface area contributed by atoms with Gasteiger partial charge in [0.05, 0.1) is 0 Å². The van der Waals surface area contributed by atoms with Gasteiger partial charge in [0, 0.05) is 10.9 Å². The van der Waals surface area contributed by atoms with Gasteiger partial charge in [-0.25, -0.2) is 0 Å². The fourth-order valence-corrected chi connectivity index (χ4v) is 2.56. The molecule has 0 aromatic heterocycles. The molecule has 1 aliphatic rings. The normalized spacial score (nSPS) is 20.5. The highest BCUT2D eigenvalue weighted by molar-refractivity contribution is 7.98. The van der Waals surface area contributed by atoms with Crippen LogP contribution >= 0.6 is 24.2 Å². The Bertz CT molecular complexity index is 284. The summed E-state index contributed by atoms with van der Waals surface area (Å²) in [5, 5.41) is 3.53. The van der Waals surface area contributed by atoms with Crippen LogP contribution in [-0.2, 0) is 0 Å². The van der Waals surface area contributed by atoms with Crippen molar-refractivity contribution in [3.8, 4) is 0 Å². The van der Waals surface area contributed by atoms with Crippen LogP contribution in [0.25, 0.3) is 0 Å². The zero-order valence-corrected chi connectivity index (χ0v) is 9.96. The molecule has 0 radical (unpaired) electrons. The summed E-state index contributed by atoms with van der Waals surface area (Å²) in [5.74, 6) is 0. The molecule has 78 valence electrons. The van der Waals surface area contributed by atoms with Gasteiger partial charge in [0.2, 0.25) is 0 Å². The molecule has 0 bridgehead atoms. The van der Waals surface area contributed by atoms with Gasteiger partial charge in [0.15, 0.2) is 0 Å². The molecule has 1 heterocycles. The number of nitrogens with one attached hydrogen (secondary N) is 1. The van der Waals surface area contributed by atoms with Crippen LogP contribution < -0.4 is 5.32 Å². The Morgan fingerprint density at radius 1 is 1.36 bits per heavy atom. The van der Waals surface area contributed by atoms with E-state index in [1.165, 1.54) is 29.8 Å².